The van der Waals surface area contributed by atoms with Crippen LogP contribution in [0.3, 0.4) is 0 Å². The van der Waals surface area contributed by atoms with Crippen LogP contribution in [0.15, 0.2) is 28.9 Å². The fourth-order valence-corrected chi connectivity index (χ4v) is 2.20. The van der Waals surface area contributed by atoms with Crippen LogP contribution in [0.5, 0.6) is 5.75 Å². The number of imidazole rings is 1. The van der Waals surface area contributed by atoms with Crippen molar-refractivity contribution in [2.75, 3.05) is 0 Å². The van der Waals surface area contributed by atoms with Gasteiger partial charge in [-0.25, -0.2) is 4.98 Å². The number of halogens is 2. The largest absolute Gasteiger partial charge is 0.485 e. The minimum atomic E-state index is -0.600. The second kappa shape index (κ2) is 5.94. The maximum Gasteiger partial charge on any atom is 0.147 e. The van der Waals surface area contributed by atoms with Crippen LogP contribution in [-0.2, 0) is 13.7 Å². The molecular weight excluding hydrogens is 332 g/mol. The van der Waals surface area contributed by atoms with Gasteiger partial charge in [0.05, 0.1) is 12.3 Å². The summed E-state index contributed by atoms with van der Waals surface area (Å²) in [5, 5.41) is 10.3. The zero-order valence-electron chi connectivity index (χ0n) is 10.6. The number of aliphatic hydroxyl groups is 1. The highest BCUT2D eigenvalue weighted by Gasteiger charge is 2.11. The standard InChI is InChI=1S/C13H14BrClN2O2/c1-8(18)10-5-9(14)3-4-11(10)19-7-13-16-6-12(15)17(13)2/h3-6,8,18H,7H2,1-2H3. The SMILES string of the molecule is CC(O)c1cc(Br)ccc1OCc1ncc(Cl)n1C. The van der Waals surface area contributed by atoms with E-state index in [0.29, 0.717) is 17.5 Å². The maximum atomic E-state index is 9.74. The molecule has 1 atom stereocenters. The third-order valence-corrected chi connectivity index (χ3v) is 3.65. The van der Waals surface area contributed by atoms with Crippen molar-refractivity contribution >= 4 is 27.5 Å². The van der Waals surface area contributed by atoms with Gasteiger partial charge in [0, 0.05) is 17.1 Å². The predicted octanol–water partition coefficient (Wildman–Crippen LogP) is 3.47. The van der Waals surface area contributed by atoms with Crippen molar-refractivity contribution in [3.63, 3.8) is 0 Å². The summed E-state index contributed by atoms with van der Waals surface area (Å²) in [6.07, 6.45) is 0.981. The maximum absolute atomic E-state index is 9.74. The first-order chi connectivity index (χ1) is 8.99. The van der Waals surface area contributed by atoms with Gasteiger partial charge in [-0.05, 0) is 25.1 Å². The minimum Gasteiger partial charge on any atom is -0.485 e. The average molecular weight is 346 g/mol. The molecule has 1 N–H and O–H groups in total. The lowest BCUT2D eigenvalue weighted by atomic mass is 10.1. The topological polar surface area (TPSA) is 47.3 Å². The quantitative estimate of drug-likeness (QED) is 0.923. The van der Waals surface area contributed by atoms with Crippen molar-refractivity contribution in [2.24, 2.45) is 7.05 Å². The fraction of sp³-hybridized carbons (Fsp3) is 0.308. The summed E-state index contributed by atoms with van der Waals surface area (Å²) in [6, 6.07) is 5.52. The monoisotopic (exact) mass is 344 g/mol. The Morgan fingerprint density at radius 2 is 2.26 bits per heavy atom. The molecule has 0 aliphatic heterocycles. The first kappa shape index (κ1) is 14.4. The van der Waals surface area contributed by atoms with Gasteiger partial charge in [0.2, 0.25) is 0 Å². The Morgan fingerprint density at radius 1 is 1.53 bits per heavy atom. The van der Waals surface area contributed by atoms with Crippen molar-refractivity contribution in [3.8, 4) is 5.75 Å². The minimum absolute atomic E-state index is 0.296. The average Bonchev–Trinajstić information content (AvgIpc) is 2.68. The Morgan fingerprint density at radius 3 is 2.84 bits per heavy atom. The number of aliphatic hydroxyl groups excluding tert-OH is 1. The van der Waals surface area contributed by atoms with Crippen LogP contribution in [0.4, 0.5) is 0 Å². The van der Waals surface area contributed by atoms with Crippen molar-refractivity contribution in [1.29, 1.82) is 0 Å². The molecule has 0 saturated heterocycles. The van der Waals surface area contributed by atoms with Crippen LogP contribution >= 0.6 is 27.5 Å². The second-order valence-electron chi connectivity index (χ2n) is 4.20. The molecule has 1 aromatic heterocycles. The van der Waals surface area contributed by atoms with E-state index in [4.69, 9.17) is 16.3 Å². The van der Waals surface area contributed by atoms with Gasteiger partial charge in [-0.15, -0.1) is 0 Å². The molecule has 0 bridgehead atoms. The lowest BCUT2D eigenvalue weighted by molar-refractivity contribution is 0.189. The fourth-order valence-electron chi connectivity index (χ4n) is 1.68. The van der Waals surface area contributed by atoms with E-state index in [1.807, 2.05) is 25.2 Å². The van der Waals surface area contributed by atoms with E-state index in [1.165, 1.54) is 0 Å². The van der Waals surface area contributed by atoms with Gasteiger partial charge in [0.15, 0.2) is 0 Å². The van der Waals surface area contributed by atoms with Gasteiger partial charge in [-0.3, -0.25) is 0 Å². The molecule has 0 amide bonds. The molecule has 1 aromatic carbocycles. The van der Waals surface area contributed by atoms with Crippen LogP contribution in [0.1, 0.15) is 24.4 Å². The molecule has 0 saturated carbocycles. The van der Waals surface area contributed by atoms with Crippen molar-refractivity contribution in [1.82, 2.24) is 9.55 Å². The lowest BCUT2D eigenvalue weighted by Crippen LogP contribution is -2.06. The summed E-state index contributed by atoms with van der Waals surface area (Å²) < 4.78 is 8.36. The smallest absolute Gasteiger partial charge is 0.147 e. The summed E-state index contributed by atoms with van der Waals surface area (Å²) in [5.74, 6) is 1.36. The predicted molar refractivity (Wildman–Crippen MR) is 77.3 cm³/mol. The summed E-state index contributed by atoms with van der Waals surface area (Å²) in [5.41, 5.74) is 0.731. The molecule has 102 valence electrons. The third kappa shape index (κ3) is 3.29. The summed E-state index contributed by atoms with van der Waals surface area (Å²) in [7, 11) is 1.82. The Labute approximate surface area is 125 Å². The highest BCUT2D eigenvalue weighted by Crippen LogP contribution is 2.29. The molecule has 19 heavy (non-hydrogen) atoms. The van der Waals surface area contributed by atoms with E-state index in [0.717, 1.165) is 15.9 Å². The Balaban J connectivity index is 2.17. The third-order valence-electron chi connectivity index (χ3n) is 2.81. The Bertz CT molecular complexity index is 584. The van der Waals surface area contributed by atoms with E-state index in [2.05, 4.69) is 20.9 Å². The Hall–Kier alpha value is -1.04. The van der Waals surface area contributed by atoms with Crippen LogP contribution in [0, 0.1) is 0 Å². The molecular formula is C13H14BrClN2O2. The molecule has 1 heterocycles. The molecule has 1 unspecified atom stereocenters. The van der Waals surface area contributed by atoms with E-state index < -0.39 is 6.10 Å². The highest BCUT2D eigenvalue weighted by atomic mass is 79.9. The number of rotatable bonds is 4. The highest BCUT2D eigenvalue weighted by molar-refractivity contribution is 9.10. The summed E-state index contributed by atoms with van der Waals surface area (Å²) in [4.78, 5) is 4.16. The van der Waals surface area contributed by atoms with Gasteiger partial charge < -0.3 is 14.4 Å². The van der Waals surface area contributed by atoms with Gasteiger partial charge in [-0.1, -0.05) is 27.5 Å². The molecule has 0 radical (unpaired) electrons. The Kier molecular flexibility index (Phi) is 4.50. The van der Waals surface area contributed by atoms with Crippen LogP contribution < -0.4 is 4.74 Å². The number of hydrogen-bond acceptors (Lipinski definition) is 3. The number of hydrogen-bond donors (Lipinski definition) is 1. The number of aromatic nitrogens is 2. The number of nitrogens with zero attached hydrogens (tertiary/aromatic N) is 2. The molecule has 6 heteroatoms. The molecule has 2 rings (SSSR count). The van der Waals surface area contributed by atoms with Crippen LogP contribution in [0.25, 0.3) is 0 Å². The van der Waals surface area contributed by atoms with Gasteiger partial charge in [0.1, 0.15) is 23.3 Å². The van der Waals surface area contributed by atoms with Crippen molar-refractivity contribution in [3.05, 3.63) is 45.4 Å². The van der Waals surface area contributed by atoms with Gasteiger partial charge in [0.25, 0.3) is 0 Å². The van der Waals surface area contributed by atoms with Crippen LogP contribution in [0.2, 0.25) is 5.15 Å². The van der Waals surface area contributed by atoms with Crippen LogP contribution in [-0.4, -0.2) is 14.7 Å². The zero-order valence-corrected chi connectivity index (χ0v) is 12.9. The van der Waals surface area contributed by atoms with Gasteiger partial charge in [-0.2, -0.15) is 0 Å². The first-order valence-electron chi connectivity index (χ1n) is 5.75. The normalized spacial score (nSPS) is 12.5. The molecule has 0 aliphatic rings. The van der Waals surface area contributed by atoms with E-state index >= 15 is 0 Å². The van der Waals surface area contributed by atoms with Crippen molar-refractivity contribution in [2.45, 2.75) is 19.6 Å². The lowest BCUT2D eigenvalue weighted by Gasteiger charge is -2.13. The molecule has 0 fully saturated rings. The number of ether oxygens (including phenoxy) is 1. The second-order valence-corrected chi connectivity index (χ2v) is 5.51. The molecule has 0 spiro atoms. The van der Waals surface area contributed by atoms with E-state index in [1.54, 1.807) is 17.7 Å². The summed E-state index contributed by atoms with van der Waals surface area (Å²) in [6.45, 7) is 2.00. The molecule has 2 aromatic rings. The van der Waals surface area contributed by atoms with Crippen molar-refractivity contribution < 1.29 is 9.84 Å². The zero-order chi connectivity index (χ0) is 14.0. The number of benzene rings is 1. The summed E-state index contributed by atoms with van der Waals surface area (Å²) >= 11 is 9.29. The van der Waals surface area contributed by atoms with E-state index in [9.17, 15) is 5.11 Å². The molecule has 0 aliphatic carbocycles. The molecule has 4 nitrogen and oxygen atoms in total. The van der Waals surface area contributed by atoms with Gasteiger partial charge >= 0.3 is 0 Å². The van der Waals surface area contributed by atoms with E-state index in [-0.39, 0.29) is 0 Å². The first-order valence-corrected chi connectivity index (χ1v) is 6.92.